The van der Waals surface area contributed by atoms with Gasteiger partial charge in [-0.3, -0.25) is 5.41 Å². The van der Waals surface area contributed by atoms with Gasteiger partial charge in [-0.15, -0.1) is 0 Å². The number of hydrogen-bond donors (Lipinski definition) is 3. The van der Waals surface area contributed by atoms with Crippen LogP contribution in [0.4, 0.5) is 4.79 Å². The Kier molecular flexibility index (Phi) is 5.26. The van der Waals surface area contributed by atoms with Crippen molar-refractivity contribution in [2.75, 3.05) is 13.1 Å². The number of hydrogen-bond acceptors (Lipinski definition) is 2. The lowest BCUT2D eigenvalue weighted by atomic mass is 9.83. The fourth-order valence-electron chi connectivity index (χ4n) is 3.52. The van der Waals surface area contributed by atoms with Crippen molar-refractivity contribution in [1.29, 1.82) is 5.41 Å². The number of amides is 2. The average Bonchev–Trinajstić information content (AvgIpc) is 2.45. The van der Waals surface area contributed by atoms with Gasteiger partial charge in [0.2, 0.25) is 0 Å². The standard InChI is InChI=1S/C15H28N4O/c1-11-6-5-9-19(10-11)15(20)18-13(14(16)17)12-7-3-2-4-8-12/h11-13H,2-10H2,1H3,(H3,16,17)(H,18,20). The molecule has 2 atom stereocenters. The number of urea groups is 1. The van der Waals surface area contributed by atoms with Gasteiger partial charge in [0.1, 0.15) is 5.84 Å². The molecule has 4 N–H and O–H groups in total. The molecule has 0 radical (unpaired) electrons. The molecule has 2 fully saturated rings. The number of nitrogens with one attached hydrogen (secondary N) is 2. The second kappa shape index (κ2) is 6.95. The molecule has 5 heteroatoms. The van der Waals surface area contributed by atoms with E-state index in [-0.39, 0.29) is 17.9 Å². The van der Waals surface area contributed by atoms with Gasteiger partial charge in [0.15, 0.2) is 0 Å². The molecule has 2 rings (SSSR count). The fourth-order valence-corrected chi connectivity index (χ4v) is 3.52. The van der Waals surface area contributed by atoms with Crippen molar-refractivity contribution in [3.05, 3.63) is 0 Å². The molecule has 1 aliphatic carbocycles. The Morgan fingerprint density at radius 1 is 1.25 bits per heavy atom. The van der Waals surface area contributed by atoms with Gasteiger partial charge in [0.05, 0.1) is 6.04 Å². The van der Waals surface area contributed by atoms with Crippen LogP contribution in [0.3, 0.4) is 0 Å². The largest absolute Gasteiger partial charge is 0.386 e. The van der Waals surface area contributed by atoms with E-state index in [1.807, 2.05) is 4.90 Å². The number of carbonyl (C=O) groups is 1. The van der Waals surface area contributed by atoms with Crippen molar-refractivity contribution in [3.8, 4) is 0 Å². The summed E-state index contributed by atoms with van der Waals surface area (Å²) in [5, 5.41) is 10.8. The van der Waals surface area contributed by atoms with Crippen LogP contribution in [0, 0.1) is 17.2 Å². The first-order valence-corrected chi connectivity index (χ1v) is 7.97. The normalized spacial score (nSPS) is 26.1. The molecule has 2 unspecified atom stereocenters. The zero-order valence-electron chi connectivity index (χ0n) is 12.5. The maximum Gasteiger partial charge on any atom is 0.318 e. The van der Waals surface area contributed by atoms with Crippen molar-refractivity contribution in [2.45, 2.75) is 57.9 Å². The molecule has 5 nitrogen and oxygen atoms in total. The monoisotopic (exact) mass is 280 g/mol. The van der Waals surface area contributed by atoms with Crippen LogP contribution in [0.25, 0.3) is 0 Å². The van der Waals surface area contributed by atoms with Gasteiger partial charge in [0.25, 0.3) is 0 Å². The highest BCUT2D eigenvalue weighted by Crippen LogP contribution is 2.26. The molecule has 0 aromatic heterocycles. The van der Waals surface area contributed by atoms with Gasteiger partial charge in [-0.05, 0) is 37.5 Å². The van der Waals surface area contributed by atoms with E-state index in [9.17, 15) is 4.79 Å². The number of piperidine rings is 1. The summed E-state index contributed by atoms with van der Waals surface area (Å²) in [5.41, 5.74) is 5.72. The molecular formula is C15H28N4O. The Morgan fingerprint density at radius 3 is 2.55 bits per heavy atom. The first-order valence-electron chi connectivity index (χ1n) is 7.97. The Morgan fingerprint density at radius 2 is 1.95 bits per heavy atom. The Balaban J connectivity index is 1.93. The molecule has 0 aromatic carbocycles. The van der Waals surface area contributed by atoms with Gasteiger partial charge < -0.3 is 16.0 Å². The highest BCUT2D eigenvalue weighted by molar-refractivity contribution is 5.88. The predicted octanol–water partition coefficient (Wildman–Crippen LogP) is 2.31. The third-order valence-electron chi connectivity index (χ3n) is 4.68. The molecular weight excluding hydrogens is 252 g/mol. The van der Waals surface area contributed by atoms with Gasteiger partial charge in [-0.1, -0.05) is 26.2 Å². The summed E-state index contributed by atoms with van der Waals surface area (Å²) in [6, 6.07) is -0.317. The van der Waals surface area contributed by atoms with Gasteiger partial charge >= 0.3 is 6.03 Å². The number of nitrogens with two attached hydrogens (primary N) is 1. The first-order chi connectivity index (χ1) is 9.58. The second-order valence-corrected chi connectivity index (χ2v) is 6.47. The lowest BCUT2D eigenvalue weighted by Crippen LogP contribution is -2.54. The molecule has 0 aromatic rings. The Labute approximate surface area is 121 Å². The number of carbonyl (C=O) groups excluding carboxylic acids is 1. The van der Waals surface area contributed by atoms with Crippen molar-refractivity contribution in [3.63, 3.8) is 0 Å². The summed E-state index contributed by atoms with van der Waals surface area (Å²) in [6.07, 6.45) is 8.04. The van der Waals surface area contributed by atoms with Crippen LogP contribution in [0.5, 0.6) is 0 Å². The second-order valence-electron chi connectivity index (χ2n) is 6.47. The molecule has 2 amide bonds. The third-order valence-corrected chi connectivity index (χ3v) is 4.68. The molecule has 1 heterocycles. The first kappa shape index (κ1) is 15.1. The maximum absolute atomic E-state index is 12.4. The summed E-state index contributed by atoms with van der Waals surface area (Å²) in [5.74, 6) is 1.02. The predicted molar refractivity (Wildman–Crippen MR) is 80.8 cm³/mol. The third kappa shape index (κ3) is 3.87. The molecule has 1 saturated carbocycles. The smallest absolute Gasteiger partial charge is 0.318 e. The highest BCUT2D eigenvalue weighted by atomic mass is 16.2. The zero-order chi connectivity index (χ0) is 14.5. The van der Waals surface area contributed by atoms with E-state index in [0.717, 1.165) is 32.4 Å². The lowest BCUT2D eigenvalue weighted by molar-refractivity contribution is 0.164. The van der Waals surface area contributed by atoms with E-state index < -0.39 is 0 Å². The lowest BCUT2D eigenvalue weighted by Gasteiger charge is -2.35. The van der Waals surface area contributed by atoms with Crippen LogP contribution in [-0.2, 0) is 0 Å². The van der Waals surface area contributed by atoms with Crippen molar-refractivity contribution >= 4 is 11.9 Å². The van der Waals surface area contributed by atoms with E-state index in [1.54, 1.807) is 0 Å². The van der Waals surface area contributed by atoms with Crippen molar-refractivity contribution < 1.29 is 4.79 Å². The van der Waals surface area contributed by atoms with E-state index in [1.165, 1.54) is 25.7 Å². The van der Waals surface area contributed by atoms with E-state index >= 15 is 0 Å². The van der Waals surface area contributed by atoms with Crippen LogP contribution >= 0.6 is 0 Å². The molecule has 1 aliphatic heterocycles. The molecule has 114 valence electrons. The van der Waals surface area contributed by atoms with Gasteiger partial charge in [-0.2, -0.15) is 0 Å². The molecule has 20 heavy (non-hydrogen) atoms. The summed E-state index contributed by atoms with van der Waals surface area (Å²) in [4.78, 5) is 14.2. The minimum Gasteiger partial charge on any atom is -0.386 e. The van der Waals surface area contributed by atoms with Crippen LogP contribution in [0.2, 0.25) is 0 Å². The van der Waals surface area contributed by atoms with Crippen LogP contribution in [0.15, 0.2) is 0 Å². The maximum atomic E-state index is 12.4. The number of nitrogens with zero attached hydrogens (tertiary/aromatic N) is 1. The SMILES string of the molecule is CC1CCCN(C(=O)NC(C(=N)N)C2CCCCC2)C1. The van der Waals surface area contributed by atoms with Crippen LogP contribution in [-0.4, -0.2) is 35.9 Å². The van der Waals surface area contributed by atoms with Crippen molar-refractivity contribution in [1.82, 2.24) is 10.2 Å². The van der Waals surface area contributed by atoms with Crippen LogP contribution in [0.1, 0.15) is 51.9 Å². The van der Waals surface area contributed by atoms with E-state index in [0.29, 0.717) is 11.8 Å². The van der Waals surface area contributed by atoms with E-state index in [4.69, 9.17) is 11.1 Å². The fraction of sp³-hybridized carbons (Fsp3) is 0.867. The Bertz CT molecular complexity index is 352. The Hall–Kier alpha value is -1.26. The molecule has 1 saturated heterocycles. The quantitative estimate of drug-likeness (QED) is 0.547. The summed E-state index contributed by atoms with van der Waals surface area (Å²) >= 11 is 0. The molecule has 0 spiro atoms. The summed E-state index contributed by atoms with van der Waals surface area (Å²) < 4.78 is 0. The molecule has 2 aliphatic rings. The topological polar surface area (TPSA) is 82.2 Å². The summed E-state index contributed by atoms with van der Waals surface area (Å²) in [6.45, 7) is 3.83. The number of likely N-dealkylation sites (tertiary alicyclic amines) is 1. The van der Waals surface area contributed by atoms with Gasteiger partial charge in [0, 0.05) is 13.1 Å². The van der Waals surface area contributed by atoms with E-state index in [2.05, 4.69) is 12.2 Å². The van der Waals surface area contributed by atoms with Crippen molar-refractivity contribution in [2.24, 2.45) is 17.6 Å². The van der Waals surface area contributed by atoms with Crippen LogP contribution < -0.4 is 11.1 Å². The minimum absolute atomic E-state index is 0.0395. The number of amidine groups is 1. The number of rotatable bonds is 3. The molecule has 0 bridgehead atoms. The van der Waals surface area contributed by atoms with Gasteiger partial charge in [-0.25, -0.2) is 4.79 Å². The summed E-state index contributed by atoms with van der Waals surface area (Å²) in [7, 11) is 0. The highest BCUT2D eigenvalue weighted by Gasteiger charge is 2.29. The average molecular weight is 280 g/mol. The zero-order valence-corrected chi connectivity index (χ0v) is 12.5. The minimum atomic E-state index is -0.278.